The second-order valence-electron chi connectivity index (χ2n) is 2.48. The molecule has 0 bridgehead atoms. The zero-order valence-electron chi connectivity index (χ0n) is 7.24. The van der Waals surface area contributed by atoms with E-state index in [-0.39, 0.29) is 10.3 Å². The average molecular weight is 203 g/mol. The van der Waals surface area contributed by atoms with Crippen LogP contribution < -0.4 is 10.3 Å². The highest BCUT2D eigenvalue weighted by atomic mass is 19.3. The number of hydrogen-bond acceptors (Lipinski definition) is 3. The maximum absolute atomic E-state index is 12.2. The summed E-state index contributed by atoms with van der Waals surface area (Å²) in [6.07, 6.45) is 0.786. The van der Waals surface area contributed by atoms with Crippen molar-refractivity contribution in [1.29, 1.82) is 0 Å². The Morgan fingerprint density at radius 1 is 1.50 bits per heavy atom. The molecule has 0 aromatic carbocycles. The van der Waals surface area contributed by atoms with Gasteiger partial charge >= 0.3 is 12.5 Å². The summed E-state index contributed by atoms with van der Waals surface area (Å²) < 4.78 is 29.0. The van der Waals surface area contributed by atoms with Gasteiger partial charge in [-0.25, -0.2) is 0 Å². The fourth-order valence-electron chi connectivity index (χ4n) is 0.862. The van der Waals surface area contributed by atoms with E-state index in [0.717, 1.165) is 25.3 Å². The lowest BCUT2D eigenvalue weighted by Gasteiger charge is -2.05. The Kier molecular flexibility index (Phi) is 2.95. The Hall–Kier alpha value is -1.72. The van der Waals surface area contributed by atoms with Crippen LogP contribution in [0.15, 0.2) is 23.1 Å². The number of hydrogen-bond donors (Lipinski definition) is 0. The number of halogens is 2. The summed E-state index contributed by atoms with van der Waals surface area (Å²) in [6, 6.07) is 2.06. The number of nitrogens with zero attached hydrogens (tertiary/aromatic N) is 1. The van der Waals surface area contributed by atoms with Crippen LogP contribution in [0, 0.1) is 0 Å². The largest absolute Gasteiger partial charge is 0.425 e. The minimum atomic E-state index is -2.95. The lowest BCUT2D eigenvalue weighted by molar-refractivity contribution is -0.131. The van der Waals surface area contributed by atoms with E-state index in [2.05, 4.69) is 4.74 Å². The van der Waals surface area contributed by atoms with E-state index in [0.29, 0.717) is 0 Å². The van der Waals surface area contributed by atoms with Gasteiger partial charge in [-0.2, -0.15) is 8.78 Å². The molecule has 0 saturated heterocycles. The molecule has 0 spiro atoms. The predicted molar refractivity (Wildman–Crippen MR) is 43.3 cm³/mol. The molecule has 0 unspecified atom stereocenters. The van der Waals surface area contributed by atoms with E-state index in [9.17, 15) is 18.4 Å². The maximum Gasteiger partial charge on any atom is 0.321 e. The van der Waals surface area contributed by atoms with Gasteiger partial charge in [-0.1, -0.05) is 0 Å². The molecule has 0 fully saturated rings. The zero-order valence-corrected chi connectivity index (χ0v) is 7.24. The van der Waals surface area contributed by atoms with Gasteiger partial charge in [0.1, 0.15) is 5.75 Å². The van der Waals surface area contributed by atoms with E-state index in [1.807, 2.05) is 0 Å². The van der Waals surface area contributed by atoms with Gasteiger partial charge in [-0.05, 0) is 6.07 Å². The number of aromatic nitrogens is 1. The van der Waals surface area contributed by atoms with Crippen LogP contribution in [0.4, 0.5) is 8.78 Å². The Morgan fingerprint density at radius 3 is 2.64 bits per heavy atom. The third-order valence-electron chi connectivity index (χ3n) is 1.38. The molecule has 0 amide bonds. The summed E-state index contributed by atoms with van der Waals surface area (Å²) in [5, 5.41) is 0. The van der Waals surface area contributed by atoms with Gasteiger partial charge in [0.2, 0.25) is 0 Å². The van der Waals surface area contributed by atoms with Crippen LogP contribution in [0.5, 0.6) is 5.75 Å². The van der Waals surface area contributed by atoms with Crippen LogP contribution in [0.1, 0.15) is 13.5 Å². The molecule has 0 saturated carbocycles. The van der Waals surface area contributed by atoms with Crippen LogP contribution >= 0.6 is 0 Å². The smallest absolute Gasteiger partial charge is 0.321 e. The standard InChI is InChI=1S/C8H7F2NO3/c1-5(12)14-6-2-3-7(13)11(4-6)8(9)10/h2-4,8H,1H3. The first kappa shape index (κ1) is 10.4. The normalized spacial score (nSPS) is 10.3. The number of alkyl halides is 2. The molecule has 76 valence electrons. The second kappa shape index (κ2) is 3.99. The van der Waals surface area contributed by atoms with E-state index < -0.39 is 18.1 Å². The highest BCUT2D eigenvalue weighted by Gasteiger charge is 2.09. The highest BCUT2D eigenvalue weighted by Crippen LogP contribution is 2.12. The second-order valence-corrected chi connectivity index (χ2v) is 2.48. The molecule has 0 atom stereocenters. The van der Waals surface area contributed by atoms with Crippen molar-refractivity contribution >= 4 is 5.97 Å². The van der Waals surface area contributed by atoms with Crippen LogP contribution in [-0.4, -0.2) is 10.5 Å². The van der Waals surface area contributed by atoms with Crippen molar-refractivity contribution in [3.63, 3.8) is 0 Å². The van der Waals surface area contributed by atoms with Crippen LogP contribution in [0.3, 0.4) is 0 Å². The summed E-state index contributed by atoms with van der Waals surface area (Å²) in [4.78, 5) is 21.3. The van der Waals surface area contributed by atoms with E-state index in [1.54, 1.807) is 0 Å². The van der Waals surface area contributed by atoms with Gasteiger partial charge in [0.15, 0.2) is 0 Å². The Bertz CT molecular complexity index is 400. The number of ether oxygens (including phenoxy) is 1. The third kappa shape index (κ3) is 2.38. The van der Waals surface area contributed by atoms with Crippen molar-refractivity contribution in [3.8, 4) is 5.75 Å². The molecular weight excluding hydrogens is 196 g/mol. The van der Waals surface area contributed by atoms with Gasteiger partial charge in [-0.15, -0.1) is 0 Å². The van der Waals surface area contributed by atoms with Crippen LogP contribution in [0.2, 0.25) is 0 Å². The third-order valence-corrected chi connectivity index (χ3v) is 1.38. The molecule has 6 heteroatoms. The van der Waals surface area contributed by atoms with Crippen molar-refractivity contribution in [1.82, 2.24) is 4.57 Å². The van der Waals surface area contributed by atoms with E-state index >= 15 is 0 Å². The lowest BCUT2D eigenvalue weighted by atomic mass is 10.4. The van der Waals surface area contributed by atoms with Gasteiger partial charge in [-0.3, -0.25) is 14.2 Å². The molecule has 0 N–H and O–H groups in total. The highest BCUT2D eigenvalue weighted by molar-refractivity contribution is 5.69. The van der Waals surface area contributed by atoms with Crippen molar-refractivity contribution in [2.45, 2.75) is 13.5 Å². The minimum Gasteiger partial charge on any atom is -0.425 e. The van der Waals surface area contributed by atoms with E-state index in [4.69, 9.17) is 0 Å². The molecule has 4 nitrogen and oxygen atoms in total. The summed E-state index contributed by atoms with van der Waals surface area (Å²) in [5.41, 5.74) is -0.851. The SMILES string of the molecule is CC(=O)Oc1ccc(=O)n(C(F)F)c1. The quantitative estimate of drug-likeness (QED) is 0.678. The molecule has 1 aromatic rings. The summed E-state index contributed by atoms with van der Waals surface area (Å²) >= 11 is 0. The lowest BCUT2D eigenvalue weighted by Crippen LogP contribution is -2.19. The molecule has 1 heterocycles. The Balaban J connectivity index is 3.06. The number of carbonyl (C=O) groups excluding carboxylic acids is 1. The molecule has 0 aliphatic heterocycles. The predicted octanol–water partition coefficient (Wildman–Crippen LogP) is 1.17. The van der Waals surface area contributed by atoms with Crippen LogP contribution in [0.25, 0.3) is 0 Å². The number of carbonyl (C=O) groups is 1. The zero-order chi connectivity index (χ0) is 10.7. The summed E-state index contributed by atoms with van der Waals surface area (Å²) in [6.45, 7) is -1.81. The minimum absolute atomic E-state index is 0.0857. The first-order chi connectivity index (χ1) is 6.50. The molecule has 0 aliphatic carbocycles. The van der Waals surface area contributed by atoms with Crippen molar-refractivity contribution in [2.24, 2.45) is 0 Å². The summed E-state index contributed by atoms with van der Waals surface area (Å²) in [7, 11) is 0. The van der Waals surface area contributed by atoms with Gasteiger partial charge < -0.3 is 4.74 Å². The van der Waals surface area contributed by atoms with Gasteiger partial charge in [0.25, 0.3) is 5.56 Å². The molecule has 1 rings (SSSR count). The van der Waals surface area contributed by atoms with Crippen molar-refractivity contribution < 1.29 is 18.3 Å². The van der Waals surface area contributed by atoms with Crippen molar-refractivity contribution in [3.05, 3.63) is 28.7 Å². The molecular formula is C8H7F2NO3. The monoisotopic (exact) mass is 203 g/mol. The van der Waals surface area contributed by atoms with Crippen molar-refractivity contribution in [2.75, 3.05) is 0 Å². The first-order valence-electron chi connectivity index (χ1n) is 3.69. The van der Waals surface area contributed by atoms with E-state index in [1.165, 1.54) is 0 Å². The summed E-state index contributed by atoms with van der Waals surface area (Å²) in [5.74, 6) is -0.720. The maximum atomic E-state index is 12.2. The fourth-order valence-corrected chi connectivity index (χ4v) is 0.862. The number of pyridine rings is 1. The molecule has 14 heavy (non-hydrogen) atoms. The van der Waals surface area contributed by atoms with Gasteiger partial charge in [0.05, 0.1) is 6.20 Å². The topological polar surface area (TPSA) is 48.3 Å². The Morgan fingerprint density at radius 2 is 2.14 bits per heavy atom. The fraction of sp³-hybridized carbons (Fsp3) is 0.250. The average Bonchev–Trinajstić information content (AvgIpc) is 2.07. The first-order valence-corrected chi connectivity index (χ1v) is 3.69. The number of rotatable bonds is 2. The van der Waals surface area contributed by atoms with Crippen LogP contribution in [-0.2, 0) is 4.79 Å². The molecule has 0 radical (unpaired) electrons. The number of esters is 1. The molecule has 0 aliphatic rings. The Labute approximate surface area is 77.7 Å². The molecule has 1 aromatic heterocycles. The van der Waals surface area contributed by atoms with Gasteiger partial charge in [0, 0.05) is 13.0 Å².